The van der Waals surface area contributed by atoms with Gasteiger partial charge in [-0.2, -0.15) is 4.98 Å². The number of aryl methyl sites for hydroxylation is 2. The first-order valence-electron chi connectivity index (χ1n) is 7.87. The molecule has 2 N–H and O–H groups in total. The van der Waals surface area contributed by atoms with Gasteiger partial charge < -0.3 is 15.2 Å². The Bertz CT molecular complexity index is 930. The minimum atomic E-state index is -0.489. The highest BCUT2D eigenvalue weighted by molar-refractivity contribution is 6.31. The van der Waals surface area contributed by atoms with Crippen LogP contribution in [0.2, 0.25) is 5.02 Å². The van der Waals surface area contributed by atoms with Crippen molar-refractivity contribution in [2.24, 2.45) is 0 Å². The molecule has 1 heterocycles. The highest BCUT2D eigenvalue weighted by Gasteiger charge is 2.08. The van der Waals surface area contributed by atoms with Crippen LogP contribution in [-0.2, 0) is 6.61 Å². The van der Waals surface area contributed by atoms with E-state index in [9.17, 15) is 4.39 Å². The van der Waals surface area contributed by atoms with Crippen LogP contribution in [0.5, 0.6) is 17.4 Å². The van der Waals surface area contributed by atoms with Crippen molar-refractivity contribution in [2.75, 3.05) is 5.73 Å². The summed E-state index contributed by atoms with van der Waals surface area (Å²) in [5.74, 6) is 0.622. The molecule has 7 heteroatoms. The largest absolute Gasteiger partial charge is 0.473 e. The van der Waals surface area contributed by atoms with Crippen LogP contribution in [0.1, 0.15) is 16.8 Å². The summed E-state index contributed by atoms with van der Waals surface area (Å²) in [4.78, 5) is 7.94. The summed E-state index contributed by atoms with van der Waals surface area (Å²) in [5.41, 5.74) is 7.77. The molecular formula is C19H17ClFN3O2. The van der Waals surface area contributed by atoms with Crippen LogP contribution in [0, 0.1) is 19.7 Å². The van der Waals surface area contributed by atoms with E-state index in [0.29, 0.717) is 27.9 Å². The summed E-state index contributed by atoms with van der Waals surface area (Å²) in [5, 5.41) is 0.630. The van der Waals surface area contributed by atoms with Crippen LogP contribution in [0.15, 0.2) is 42.5 Å². The van der Waals surface area contributed by atoms with Crippen molar-refractivity contribution in [3.05, 3.63) is 70.1 Å². The van der Waals surface area contributed by atoms with E-state index in [1.54, 1.807) is 43.3 Å². The van der Waals surface area contributed by atoms with E-state index < -0.39 is 5.82 Å². The quantitative estimate of drug-likeness (QED) is 0.693. The lowest BCUT2D eigenvalue weighted by molar-refractivity contribution is 0.292. The van der Waals surface area contributed by atoms with Gasteiger partial charge >= 0.3 is 0 Å². The van der Waals surface area contributed by atoms with Crippen LogP contribution < -0.4 is 15.2 Å². The molecule has 3 aromatic rings. The zero-order valence-corrected chi connectivity index (χ0v) is 15.0. The van der Waals surface area contributed by atoms with Gasteiger partial charge in [-0.3, -0.25) is 0 Å². The number of nitrogens with zero attached hydrogens (tertiary/aromatic N) is 2. The molecule has 2 aromatic carbocycles. The monoisotopic (exact) mass is 373 g/mol. The normalized spacial score (nSPS) is 10.6. The SMILES string of the molecule is Cc1cc(OCc2ccc(Oc3ccc(Cl)c(C)c3)c(F)c2)nc(N)n1. The standard InChI is InChI=1S/C19H17ClFN3O2/c1-11-7-14(4-5-15(11)20)26-17-6-3-13(9-16(17)21)10-25-18-8-12(2)23-19(22)24-18/h3-9H,10H2,1-2H3,(H2,22,23,24). The van der Waals surface area contributed by atoms with Gasteiger partial charge in [0.2, 0.25) is 11.8 Å². The van der Waals surface area contributed by atoms with Crippen molar-refractivity contribution in [3.63, 3.8) is 0 Å². The molecule has 5 nitrogen and oxygen atoms in total. The third-order valence-corrected chi connectivity index (χ3v) is 4.01. The number of anilines is 1. The molecule has 1 aromatic heterocycles. The molecule has 134 valence electrons. The van der Waals surface area contributed by atoms with Crippen LogP contribution in [0.4, 0.5) is 10.3 Å². The minimum Gasteiger partial charge on any atom is -0.473 e. The second kappa shape index (κ2) is 7.58. The molecule has 0 saturated carbocycles. The van der Waals surface area contributed by atoms with Crippen molar-refractivity contribution in [1.82, 2.24) is 9.97 Å². The lowest BCUT2D eigenvalue weighted by Crippen LogP contribution is -2.02. The van der Waals surface area contributed by atoms with E-state index in [4.69, 9.17) is 26.8 Å². The van der Waals surface area contributed by atoms with Crippen molar-refractivity contribution in [2.45, 2.75) is 20.5 Å². The van der Waals surface area contributed by atoms with Crippen molar-refractivity contribution < 1.29 is 13.9 Å². The zero-order valence-electron chi connectivity index (χ0n) is 14.3. The number of hydrogen-bond donors (Lipinski definition) is 1. The lowest BCUT2D eigenvalue weighted by Gasteiger charge is -2.10. The highest BCUT2D eigenvalue weighted by atomic mass is 35.5. The molecule has 26 heavy (non-hydrogen) atoms. The van der Waals surface area contributed by atoms with E-state index in [-0.39, 0.29) is 18.3 Å². The summed E-state index contributed by atoms with van der Waals surface area (Å²) in [6.45, 7) is 3.79. The fourth-order valence-electron chi connectivity index (χ4n) is 2.32. The van der Waals surface area contributed by atoms with Gasteiger partial charge in [0.15, 0.2) is 11.6 Å². The smallest absolute Gasteiger partial charge is 0.223 e. The number of nitrogen functional groups attached to an aromatic ring is 1. The third-order valence-electron chi connectivity index (χ3n) is 3.59. The van der Waals surface area contributed by atoms with E-state index in [1.807, 2.05) is 6.92 Å². The van der Waals surface area contributed by atoms with Crippen LogP contribution >= 0.6 is 11.6 Å². The molecule has 0 aliphatic rings. The Kier molecular flexibility index (Phi) is 5.23. The van der Waals surface area contributed by atoms with Crippen LogP contribution in [0.3, 0.4) is 0 Å². The molecule has 0 radical (unpaired) electrons. The van der Waals surface area contributed by atoms with Crippen LogP contribution in [-0.4, -0.2) is 9.97 Å². The molecule has 0 saturated heterocycles. The maximum atomic E-state index is 14.3. The Labute approximate surface area is 155 Å². The maximum Gasteiger partial charge on any atom is 0.223 e. The molecule has 0 spiro atoms. The van der Waals surface area contributed by atoms with Gasteiger partial charge in [-0.1, -0.05) is 17.7 Å². The van der Waals surface area contributed by atoms with Gasteiger partial charge in [-0.25, -0.2) is 9.37 Å². The molecule has 0 atom stereocenters. The predicted molar refractivity (Wildman–Crippen MR) is 98.2 cm³/mol. The second-order valence-electron chi connectivity index (χ2n) is 5.77. The van der Waals surface area contributed by atoms with Crippen molar-refractivity contribution >= 4 is 17.5 Å². The fourth-order valence-corrected chi connectivity index (χ4v) is 2.44. The average Bonchev–Trinajstić information content (AvgIpc) is 2.57. The first kappa shape index (κ1) is 17.9. The van der Waals surface area contributed by atoms with Gasteiger partial charge in [-0.15, -0.1) is 0 Å². The summed E-state index contributed by atoms with van der Waals surface area (Å²) >= 11 is 5.98. The molecule has 0 aliphatic heterocycles. The fraction of sp³-hybridized carbons (Fsp3) is 0.158. The van der Waals surface area contributed by atoms with Gasteiger partial charge in [0.25, 0.3) is 0 Å². The number of benzene rings is 2. The number of halogens is 2. The molecule has 0 bridgehead atoms. The van der Waals surface area contributed by atoms with E-state index in [1.165, 1.54) is 6.07 Å². The average molecular weight is 374 g/mol. The minimum absolute atomic E-state index is 0.123. The summed E-state index contributed by atoms with van der Waals surface area (Å²) in [6, 6.07) is 11.4. The number of hydrogen-bond acceptors (Lipinski definition) is 5. The number of aromatic nitrogens is 2. The zero-order chi connectivity index (χ0) is 18.7. The Balaban J connectivity index is 1.69. The van der Waals surface area contributed by atoms with Crippen molar-refractivity contribution in [3.8, 4) is 17.4 Å². The molecular weight excluding hydrogens is 357 g/mol. The van der Waals surface area contributed by atoms with Gasteiger partial charge in [0, 0.05) is 16.8 Å². The summed E-state index contributed by atoms with van der Waals surface area (Å²) < 4.78 is 25.4. The lowest BCUT2D eigenvalue weighted by atomic mass is 10.2. The third kappa shape index (κ3) is 4.40. The predicted octanol–water partition coefficient (Wildman–Crippen LogP) is 4.84. The summed E-state index contributed by atoms with van der Waals surface area (Å²) in [6.07, 6.45) is 0. The first-order chi connectivity index (χ1) is 12.4. The second-order valence-corrected chi connectivity index (χ2v) is 6.18. The Hall–Kier alpha value is -2.86. The topological polar surface area (TPSA) is 70.3 Å². The van der Waals surface area contributed by atoms with E-state index in [0.717, 1.165) is 5.56 Å². The van der Waals surface area contributed by atoms with Gasteiger partial charge in [0.05, 0.1) is 0 Å². The molecule has 0 aliphatic carbocycles. The Morgan fingerprint density at radius 2 is 1.88 bits per heavy atom. The van der Waals surface area contributed by atoms with E-state index in [2.05, 4.69) is 9.97 Å². The number of rotatable bonds is 5. The molecule has 3 rings (SSSR count). The van der Waals surface area contributed by atoms with Gasteiger partial charge in [0.1, 0.15) is 12.4 Å². The van der Waals surface area contributed by atoms with Crippen molar-refractivity contribution in [1.29, 1.82) is 0 Å². The maximum absolute atomic E-state index is 14.3. The summed E-state index contributed by atoms with van der Waals surface area (Å²) in [7, 11) is 0. The first-order valence-corrected chi connectivity index (χ1v) is 8.25. The van der Waals surface area contributed by atoms with Gasteiger partial charge in [-0.05, 0) is 55.3 Å². The van der Waals surface area contributed by atoms with Crippen LogP contribution in [0.25, 0.3) is 0 Å². The molecule has 0 unspecified atom stereocenters. The number of ether oxygens (including phenoxy) is 2. The highest BCUT2D eigenvalue weighted by Crippen LogP contribution is 2.28. The Morgan fingerprint density at radius 3 is 2.58 bits per heavy atom. The Morgan fingerprint density at radius 1 is 1.08 bits per heavy atom. The molecule has 0 amide bonds. The van der Waals surface area contributed by atoms with E-state index >= 15 is 0 Å². The number of nitrogens with two attached hydrogens (primary N) is 1. The molecule has 0 fully saturated rings.